The highest BCUT2D eigenvalue weighted by atomic mass is 16.7. The second kappa shape index (κ2) is 6.21. The number of aromatic nitrogens is 1. The van der Waals surface area contributed by atoms with E-state index in [0.717, 1.165) is 5.56 Å². The van der Waals surface area contributed by atoms with Crippen molar-refractivity contribution in [1.29, 1.82) is 0 Å². The molecule has 0 atom stereocenters. The summed E-state index contributed by atoms with van der Waals surface area (Å²) in [6.07, 6.45) is 1.59. The van der Waals surface area contributed by atoms with Gasteiger partial charge in [-0.25, -0.2) is 9.78 Å². The van der Waals surface area contributed by atoms with E-state index in [4.69, 9.17) is 14.2 Å². The van der Waals surface area contributed by atoms with Gasteiger partial charge in [-0.15, -0.1) is 0 Å². The average molecular weight is 301 g/mol. The molecule has 0 radical (unpaired) electrons. The first-order valence-corrected chi connectivity index (χ1v) is 6.68. The number of benzene rings is 1. The molecule has 1 aromatic heterocycles. The Morgan fingerprint density at radius 3 is 3.05 bits per heavy atom. The number of hydrogen-bond acceptors (Lipinski definition) is 5. The van der Waals surface area contributed by atoms with Crippen molar-refractivity contribution in [2.24, 2.45) is 0 Å². The molecule has 2 aromatic rings. The maximum atomic E-state index is 11.9. The predicted octanol–water partition coefficient (Wildman–Crippen LogP) is 2.14. The number of urea groups is 1. The molecule has 1 aliphatic rings. The molecule has 0 saturated carbocycles. The molecule has 0 aliphatic carbocycles. The molecular formula is C15H15N3O4. The van der Waals surface area contributed by atoms with E-state index in [-0.39, 0.29) is 12.8 Å². The van der Waals surface area contributed by atoms with Gasteiger partial charge in [0.05, 0.1) is 7.11 Å². The third-order valence-corrected chi connectivity index (χ3v) is 3.10. The van der Waals surface area contributed by atoms with Gasteiger partial charge >= 0.3 is 6.03 Å². The van der Waals surface area contributed by atoms with Crippen LogP contribution in [0.1, 0.15) is 5.56 Å². The molecule has 114 valence electrons. The second-order valence-electron chi connectivity index (χ2n) is 4.56. The number of carbonyl (C=O) groups is 1. The van der Waals surface area contributed by atoms with E-state index in [2.05, 4.69) is 15.6 Å². The minimum atomic E-state index is -0.344. The normalized spacial score (nSPS) is 11.9. The van der Waals surface area contributed by atoms with Crippen molar-refractivity contribution in [3.63, 3.8) is 0 Å². The van der Waals surface area contributed by atoms with E-state index < -0.39 is 0 Å². The molecule has 22 heavy (non-hydrogen) atoms. The monoisotopic (exact) mass is 301 g/mol. The van der Waals surface area contributed by atoms with E-state index in [1.54, 1.807) is 18.3 Å². The summed E-state index contributed by atoms with van der Waals surface area (Å²) in [4.78, 5) is 15.9. The molecule has 7 nitrogen and oxygen atoms in total. The summed E-state index contributed by atoms with van der Waals surface area (Å²) in [7, 11) is 1.50. The van der Waals surface area contributed by atoms with Gasteiger partial charge in [0.2, 0.25) is 12.7 Å². The van der Waals surface area contributed by atoms with Crippen LogP contribution in [0, 0.1) is 0 Å². The number of ether oxygens (including phenoxy) is 3. The van der Waals surface area contributed by atoms with Gasteiger partial charge in [-0.3, -0.25) is 0 Å². The van der Waals surface area contributed by atoms with E-state index in [0.29, 0.717) is 29.6 Å². The lowest BCUT2D eigenvalue weighted by Crippen LogP contribution is -2.28. The van der Waals surface area contributed by atoms with Gasteiger partial charge in [0.25, 0.3) is 0 Å². The molecule has 3 rings (SSSR count). The summed E-state index contributed by atoms with van der Waals surface area (Å²) in [5.41, 5.74) is 1.42. The van der Waals surface area contributed by atoms with Gasteiger partial charge < -0.3 is 24.8 Å². The lowest BCUT2D eigenvalue weighted by molar-refractivity contribution is 0.174. The van der Waals surface area contributed by atoms with Gasteiger partial charge in [-0.1, -0.05) is 6.07 Å². The van der Waals surface area contributed by atoms with Crippen LogP contribution in [0.4, 0.5) is 10.5 Å². The van der Waals surface area contributed by atoms with E-state index in [1.807, 2.05) is 18.2 Å². The summed E-state index contributed by atoms with van der Waals surface area (Å²) in [5.74, 6) is 1.77. The van der Waals surface area contributed by atoms with Crippen LogP contribution in [-0.4, -0.2) is 24.9 Å². The number of nitrogens with zero attached hydrogens (tertiary/aromatic N) is 1. The van der Waals surface area contributed by atoms with Crippen LogP contribution in [0.15, 0.2) is 36.5 Å². The third kappa shape index (κ3) is 3.03. The maximum Gasteiger partial charge on any atom is 0.319 e. The Kier molecular flexibility index (Phi) is 3.95. The topological polar surface area (TPSA) is 81.7 Å². The Labute approximate surface area is 127 Å². The molecule has 0 bridgehead atoms. The number of fused-ring (bicyclic) bond motifs is 1. The van der Waals surface area contributed by atoms with Crippen LogP contribution < -0.4 is 24.8 Å². The number of carbonyl (C=O) groups excluding carboxylic acids is 1. The van der Waals surface area contributed by atoms with Crippen molar-refractivity contribution in [3.8, 4) is 17.4 Å². The van der Waals surface area contributed by atoms with Crippen LogP contribution in [0.3, 0.4) is 0 Å². The molecule has 0 spiro atoms. The minimum Gasteiger partial charge on any atom is -0.480 e. The van der Waals surface area contributed by atoms with Crippen LogP contribution >= 0.6 is 0 Å². The van der Waals surface area contributed by atoms with Crippen molar-refractivity contribution in [1.82, 2.24) is 10.3 Å². The van der Waals surface area contributed by atoms with Gasteiger partial charge in [0, 0.05) is 12.7 Å². The zero-order valence-electron chi connectivity index (χ0n) is 12.0. The summed E-state index contributed by atoms with van der Waals surface area (Å²) in [6.45, 7) is 0.596. The highest BCUT2D eigenvalue weighted by molar-refractivity contribution is 5.90. The summed E-state index contributed by atoms with van der Waals surface area (Å²) < 4.78 is 15.6. The first-order chi connectivity index (χ1) is 10.8. The van der Waals surface area contributed by atoms with E-state index in [1.165, 1.54) is 7.11 Å². The fraction of sp³-hybridized carbons (Fsp3) is 0.200. The minimum absolute atomic E-state index is 0.230. The molecule has 0 fully saturated rings. The summed E-state index contributed by atoms with van der Waals surface area (Å²) in [5, 5.41) is 5.45. The van der Waals surface area contributed by atoms with E-state index in [9.17, 15) is 4.79 Å². The molecule has 7 heteroatoms. The van der Waals surface area contributed by atoms with Crippen LogP contribution in [0.5, 0.6) is 17.4 Å². The highest BCUT2D eigenvalue weighted by Crippen LogP contribution is 2.32. The lowest BCUT2D eigenvalue weighted by atomic mass is 10.2. The number of nitrogens with one attached hydrogen (secondary N) is 2. The Balaban J connectivity index is 1.58. The molecule has 2 amide bonds. The fourth-order valence-electron chi connectivity index (χ4n) is 2.05. The Hall–Kier alpha value is -2.96. The Bertz CT molecular complexity index is 690. The fourth-order valence-corrected chi connectivity index (χ4v) is 2.05. The number of methoxy groups -OCH3 is 1. The maximum absolute atomic E-state index is 11.9. The molecule has 0 unspecified atom stereocenters. The Morgan fingerprint density at radius 1 is 1.32 bits per heavy atom. The molecular weight excluding hydrogens is 286 g/mol. The number of rotatable bonds is 4. The van der Waals surface area contributed by atoms with Gasteiger partial charge in [-0.05, 0) is 29.8 Å². The Morgan fingerprint density at radius 2 is 2.18 bits per heavy atom. The van der Waals surface area contributed by atoms with Gasteiger partial charge in [-0.2, -0.15) is 0 Å². The summed E-state index contributed by atoms with van der Waals surface area (Å²) in [6, 6.07) is 8.62. The average Bonchev–Trinajstić information content (AvgIpc) is 3.01. The lowest BCUT2D eigenvalue weighted by Gasteiger charge is -2.10. The zero-order chi connectivity index (χ0) is 15.4. The van der Waals surface area contributed by atoms with Crippen molar-refractivity contribution >= 4 is 11.7 Å². The van der Waals surface area contributed by atoms with Crippen molar-refractivity contribution < 1.29 is 19.0 Å². The smallest absolute Gasteiger partial charge is 0.319 e. The molecule has 1 aliphatic heterocycles. The largest absolute Gasteiger partial charge is 0.480 e. The predicted molar refractivity (Wildman–Crippen MR) is 79.2 cm³/mol. The standard InChI is InChI=1S/C15H15N3O4/c1-20-14-11(3-2-6-16-14)18-15(19)17-8-10-4-5-12-13(7-10)22-9-21-12/h2-7H,8-9H2,1H3,(H2,17,18,19). The first kappa shape index (κ1) is 14.0. The summed E-state index contributed by atoms with van der Waals surface area (Å²) >= 11 is 0. The van der Waals surface area contributed by atoms with E-state index >= 15 is 0 Å². The SMILES string of the molecule is COc1ncccc1NC(=O)NCc1ccc2c(c1)OCO2. The van der Waals surface area contributed by atoms with Crippen molar-refractivity contribution in [2.45, 2.75) is 6.54 Å². The zero-order valence-corrected chi connectivity index (χ0v) is 12.0. The molecule has 2 heterocycles. The quantitative estimate of drug-likeness (QED) is 0.904. The number of pyridine rings is 1. The molecule has 0 saturated heterocycles. The third-order valence-electron chi connectivity index (χ3n) is 3.10. The van der Waals surface area contributed by atoms with Crippen molar-refractivity contribution in [2.75, 3.05) is 19.2 Å². The van der Waals surface area contributed by atoms with Crippen molar-refractivity contribution in [3.05, 3.63) is 42.1 Å². The van der Waals surface area contributed by atoms with Gasteiger partial charge in [0.1, 0.15) is 5.69 Å². The first-order valence-electron chi connectivity index (χ1n) is 6.68. The molecule has 1 aromatic carbocycles. The molecule has 2 N–H and O–H groups in total. The second-order valence-corrected chi connectivity index (χ2v) is 4.56. The highest BCUT2D eigenvalue weighted by Gasteiger charge is 2.13. The van der Waals surface area contributed by atoms with Gasteiger partial charge in [0.15, 0.2) is 11.5 Å². The number of anilines is 1. The van der Waals surface area contributed by atoms with Crippen LogP contribution in [0.25, 0.3) is 0 Å². The number of hydrogen-bond donors (Lipinski definition) is 2. The number of amides is 2. The van der Waals surface area contributed by atoms with Crippen LogP contribution in [0.2, 0.25) is 0 Å². The van der Waals surface area contributed by atoms with Crippen LogP contribution in [-0.2, 0) is 6.54 Å².